The summed E-state index contributed by atoms with van der Waals surface area (Å²) < 4.78 is 7.07. The molecule has 0 saturated carbocycles. The molecule has 1 N–H and O–H groups in total. The Kier molecular flexibility index (Phi) is 5.01. The summed E-state index contributed by atoms with van der Waals surface area (Å²) in [5, 5.41) is 7.31. The largest absolute Gasteiger partial charge is 0.449 e. The molecule has 0 saturated heterocycles. The van der Waals surface area contributed by atoms with E-state index in [1.807, 2.05) is 73.8 Å². The van der Waals surface area contributed by atoms with Gasteiger partial charge >= 0.3 is 6.09 Å². The van der Waals surface area contributed by atoms with Crippen LogP contribution in [0.5, 0.6) is 0 Å². The lowest BCUT2D eigenvalue weighted by atomic mass is 10.1. The number of fused-ring (bicyclic) bond motifs is 1. The average Bonchev–Trinajstić information content (AvgIpc) is 3.18. The van der Waals surface area contributed by atoms with Crippen LogP contribution in [0, 0.1) is 6.92 Å². The Morgan fingerprint density at radius 1 is 1.11 bits per heavy atom. The molecule has 0 unspecified atom stereocenters. The second-order valence-electron chi connectivity index (χ2n) is 6.49. The zero-order valence-electron chi connectivity index (χ0n) is 15.5. The molecule has 28 heavy (non-hydrogen) atoms. The zero-order valence-corrected chi connectivity index (χ0v) is 15.5. The molecule has 140 valence electrons. The van der Waals surface area contributed by atoms with E-state index in [1.54, 1.807) is 10.7 Å². The van der Waals surface area contributed by atoms with E-state index in [2.05, 4.69) is 15.4 Å². The number of carbonyl (C=O) groups excluding carboxylic acids is 1. The number of aryl methyl sites for hydroxylation is 1. The van der Waals surface area contributed by atoms with Crippen LogP contribution in [0.3, 0.4) is 0 Å². The lowest BCUT2D eigenvalue weighted by Crippen LogP contribution is -2.15. The Hall–Kier alpha value is -3.67. The molecule has 0 fully saturated rings. The fraction of sp³-hybridized carbons (Fsp3) is 0.136. The van der Waals surface area contributed by atoms with E-state index in [0.29, 0.717) is 24.5 Å². The van der Waals surface area contributed by atoms with Gasteiger partial charge in [0.05, 0.1) is 18.3 Å². The molecule has 0 bridgehead atoms. The Morgan fingerprint density at radius 3 is 2.82 bits per heavy atom. The van der Waals surface area contributed by atoms with E-state index >= 15 is 0 Å². The van der Waals surface area contributed by atoms with Crippen molar-refractivity contribution in [2.45, 2.75) is 13.3 Å². The van der Waals surface area contributed by atoms with Gasteiger partial charge in [-0.2, -0.15) is 0 Å². The summed E-state index contributed by atoms with van der Waals surface area (Å²) in [6, 6.07) is 19.4. The molecule has 0 aliphatic heterocycles. The summed E-state index contributed by atoms with van der Waals surface area (Å²) in [6.07, 6.45) is 3.85. The second-order valence-corrected chi connectivity index (χ2v) is 6.49. The third-order valence-electron chi connectivity index (χ3n) is 4.47. The molecule has 6 heteroatoms. The molecule has 0 aliphatic carbocycles. The van der Waals surface area contributed by atoms with Crippen molar-refractivity contribution in [1.82, 2.24) is 14.6 Å². The summed E-state index contributed by atoms with van der Waals surface area (Å²) in [4.78, 5) is 16.5. The monoisotopic (exact) mass is 372 g/mol. The highest BCUT2D eigenvalue weighted by Crippen LogP contribution is 2.24. The van der Waals surface area contributed by atoms with Gasteiger partial charge < -0.3 is 4.74 Å². The van der Waals surface area contributed by atoms with Crippen molar-refractivity contribution >= 4 is 17.3 Å². The topological polar surface area (TPSA) is 68.5 Å². The van der Waals surface area contributed by atoms with Crippen molar-refractivity contribution in [3.63, 3.8) is 0 Å². The van der Waals surface area contributed by atoms with Crippen molar-refractivity contribution in [2.24, 2.45) is 0 Å². The van der Waals surface area contributed by atoms with Gasteiger partial charge in [-0.25, -0.2) is 14.3 Å². The number of nitrogens with zero attached hydrogens (tertiary/aromatic N) is 3. The summed E-state index contributed by atoms with van der Waals surface area (Å²) in [5.41, 5.74) is 4.58. The number of nitrogens with one attached hydrogen (secondary N) is 1. The number of anilines is 1. The number of hydrogen-bond acceptors (Lipinski definition) is 4. The predicted molar refractivity (Wildman–Crippen MR) is 108 cm³/mol. The van der Waals surface area contributed by atoms with Crippen LogP contribution >= 0.6 is 0 Å². The third kappa shape index (κ3) is 4.01. The van der Waals surface area contributed by atoms with E-state index in [4.69, 9.17) is 4.74 Å². The van der Waals surface area contributed by atoms with Gasteiger partial charge in [-0.15, -0.1) is 5.10 Å². The van der Waals surface area contributed by atoms with E-state index in [9.17, 15) is 4.79 Å². The molecule has 0 radical (unpaired) electrons. The van der Waals surface area contributed by atoms with Gasteiger partial charge in [-0.1, -0.05) is 36.4 Å². The van der Waals surface area contributed by atoms with E-state index < -0.39 is 6.09 Å². The minimum Gasteiger partial charge on any atom is -0.449 e. The van der Waals surface area contributed by atoms with Crippen molar-refractivity contribution < 1.29 is 9.53 Å². The molecular weight excluding hydrogens is 352 g/mol. The molecule has 6 nitrogen and oxygen atoms in total. The molecule has 2 heterocycles. The van der Waals surface area contributed by atoms with Crippen molar-refractivity contribution in [3.05, 3.63) is 84.2 Å². The van der Waals surface area contributed by atoms with E-state index in [1.165, 1.54) is 0 Å². The van der Waals surface area contributed by atoms with Gasteiger partial charge in [-0.3, -0.25) is 5.32 Å². The maximum Gasteiger partial charge on any atom is 0.411 e. The quantitative estimate of drug-likeness (QED) is 0.560. The van der Waals surface area contributed by atoms with Gasteiger partial charge in [0.2, 0.25) is 0 Å². The van der Waals surface area contributed by atoms with Crippen LogP contribution in [-0.4, -0.2) is 27.3 Å². The van der Waals surface area contributed by atoms with Crippen LogP contribution in [0.1, 0.15) is 11.1 Å². The number of carbonyl (C=O) groups is 1. The lowest BCUT2D eigenvalue weighted by Gasteiger charge is -2.10. The van der Waals surface area contributed by atoms with Gasteiger partial charge in [0, 0.05) is 23.9 Å². The van der Waals surface area contributed by atoms with Crippen LogP contribution in [-0.2, 0) is 11.2 Å². The first-order chi connectivity index (χ1) is 13.7. The Balaban J connectivity index is 1.43. The Bertz CT molecular complexity index is 1110. The van der Waals surface area contributed by atoms with Crippen molar-refractivity contribution in [1.29, 1.82) is 0 Å². The molecule has 1 amide bonds. The summed E-state index contributed by atoms with van der Waals surface area (Å²) in [5.74, 6) is 0.599. The molecule has 4 aromatic rings. The first kappa shape index (κ1) is 17.7. The first-order valence-electron chi connectivity index (χ1n) is 9.08. The maximum absolute atomic E-state index is 12.1. The number of benzene rings is 2. The zero-order chi connectivity index (χ0) is 19.3. The average molecular weight is 372 g/mol. The van der Waals surface area contributed by atoms with Crippen LogP contribution < -0.4 is 5.32 Å². The lowest BCUT2D eigenvalue weighted by molar-refractivity contribution is 0.163. The van der Waals surface area contributed by atoms with Crippen LogP contribution in [0.15, 0.2) is 73.1 Å². The van der Waals surface area contributed by atoms with Crippen molar-refractivity contribution in [2.75, 3.05) is 11.9 Å². The van der Waals surface area contributed by atoms with Crippen LogP contribution in [0.4, 0.5) is 10.5 Å². The Morgan fingerprint density at radius 2 is 1.96 bits per heavy atom. The van der Waals surface area contributed by atoms with Crippen LogP contribution in [0.25, 0.3) is 16.9 Å². The molecular formula is C22H20N4O2. The standard InChI is InChI=1S/C22H20N4O2/c1-16-9-10-18(24-22(27)28-13-11-17-6-3-2-4-7-17)14-20(16)21-23-15-19-8-5-12-26(19)25-21/h2-10,12,14-15H,11,13H2,1H3,(H,24,27). The highest BCUT2D eigenvalue weighted by Gasteiger charge is 2.10. The molecule has 2 aromatic heterocycles. The predicted octanol–water partition coefficient (Wildman–Crippen LogP) is 4.50. The first-order valence-corrected chi connectivity index (χ1v) is 9.08. The number of hydrogen-bond donors (Lipinski definition) is 1. The van der Waals surface area contributed by atoms with Gasteiger partial charge in [0.1, 0.15) is 0 Å². The number of aromatic nitrogens is 3. The van der Waals surface area contributed by atoms with E-state index in [-0.39, 0.29) is 0 Å². The van der Waals surface area contributed by atoms with Gasteiger partial charge in [0.15, 0.2) is 5.82 Å². The minimum atomic E-state index is -0.479. The summed E-state index contributed by atoms with van der Waals surface area (Å²) >= 11 is 0. The molecule has 0 aliphatic rings. The second kappa shape index (κ2) is 7.92. The fourth-order valence-electron chi connectivity index (χ4n) is 2.96. The minimum absolute atomic E-state index is 0.321. The molecule has 0 spiro atoms. The normalized spacial score (nSPS) is 10.8. The molecule has 4 rings (SSSR count). The molecule has 0 atom stereocenters. The van der Waals surface area contributed by atoms with E-state index in [0.717, 1.165) is 22.2 Å². The van der Waals surface area contributed by atoms with Gasteiger partial charge in [-0.05, 0) is 42.3 Å². The van der Waals surface area contributed by atoms with Gasteiger partial charge in [0.25, 0.3) is 0 Å². The smallest absolute Gasteiger partial charge is 0.411 e. The summed E-state index contributed by atoms with van der Waals surface area (Å²) in [6.45, 7) is 2.31. The SMILES string of the molecule is Cc1ccc(NC(=O)OCCc2ccccc2)cc1-c1ncc2cccn2n1. The number of ether oxygens (including phenoxy) is 1. The Labute approximate surface area is 162 Å². The highest BCUT2D eigenvalue weighted by molar-refractivity contribution is 5.86. The fourth-order valence-corrected chi connectivity index (χ4v) is 2.96. The number of rotatable bonds is 5. The highest BCUT2D eigenvalue weighted by atomic mass is 16.5. The van der Waals surface area contributed by atoms with Crippen LogP contribution in [0.2, 0.25) is 0 Å². The van der Waals surface area contributed by atoms with Crippen molar-refractivity contribution in [3.8, 4) is 11.4 Å². The molecule has 2 aromatic carbocycles. The maximum atomic E-state index is 12.1. The third-order valence-corrected chi connectivity index (χ3v) is 4.47. The summed E-state index contributed by atoms with van der Waals surface area (Å²) in [7, 11) is 0. The number of amides is 1.